The summed E-state index contributed by atoms with van der Waals surface area (Å²) >= 11 is 0. The van der Waals surface area contributed by atoms with Crippen molar-refractivity contribution in [2.45, 2.75) is 13.3 Å². The zero-order chi connectivity index (χ0) is 14.5. The number of rotatable bonds is 5. The zero-order valence-electron chi connectivity index (χ0n) is 11.3. The van der Waals surface area contributed by atoms with Gasteiger partial charge in [0.1, 0.15) is 0 Å². The van der Waals surface area contributed by atoms with Crippen LogP contribution in [0.25, 0.3) is 6.08 Å². The normalized spacial score (nSPS) is 10.5. The molecule has 0 aliphatic rings. The van der Waals surface area contributed by atoms with E-state index in [9.17, 15) is 4.79 Å². The Morgan fingerprint density at radius 1 is 1.21 bits per heavy atom. The second-order valence-corrected chi connectivity index (χ2v) is 3.59. The van der Waals surface area contributed by atoms with E-state index in [2.05, 4.69) is 13.2 Å². The summed E-state index contributed by atoms with van der Waals surface area (Å²) < 4.78 is 0. The van der Waals surface area contributed by atoms with Gasteiger partial charge in [-0.2, -0.15) is 0 Å². The van der Waals surface area contributed by atoms with Crippen LogP contribution in [0.4, 0.5) is 0 Å². The van der Waals surface area contributed by atoms with Gasteiger partial charge in [0.05, 0.1) is 0 Å². The van der Waals surface area contributed by atoms with Crippen LogP contribution < -0.4 is 0 Å². The number of carbonyl (C=O) groups is 1. The van der Waals surface area contributed by atoms with Gasteiger partial charge in [-0.05, 0) is 12.0 Å². The van der Waals surface area contributed by atoms with Crippen LogP contribution in [0.3, 0.4) is 0 Å². The van der Waals surface area contributed by atoms with E-state index >= 15 is 0 Å². The van der Waals surface area contributed by atoms with Gasteiger partial charge in [-0.15, -0.1) is 0 Å². The third-order valence-electron chi connectivity index (χ3n) is 2.24. The first-order valence-electron chi connectivity index (χ1n) is 6.04. The fourth-order valence-electron chi connectivity index (χ4n) is 1.18. The summed E-state index contributed by atoms with van der Waals surface area (Å²) in [5, 5.41) is 8.54. The third kappa shape index (κ3) is 8.38. The summed E-state index contributed by atoms with van der Waals surface area (Å²) in [4.78, 5) is 10.4. The minimum Gasteiger partial charge on any atom is -0.478 e. The van der Waals surface area contributed by atoms with E-state index in [1.165, 1.54) is 5.56 Å². The zero-order valence-corrected chi connectivity index (χ0v) is 11.3. The summed E-state index contributed by atoms with van der Waals surface area (Å²) in [5.74, 6) is -0.860. The van der Waals surface area contributed by atoms with Crippen LogP contribution >= 0.6 is 0 Å². The molecular formula is C17H20O2. The van der Waals surface area contributed by atoms with E-state index in [0.717, 1.165) is 0 Å². The maximum atomic E-state index is 10.4. The van der Waals surface area contributed by atoms with E-state index in [4.69, 9.17) is 5.11 Å². The fourth-order valence-corrected chi connectivity index (χ4v) is 1.18. The lowest BCUT2D eigenvalue weighted by Crippen LogP contribution is -1.97. The van der Waals surface area contributed by atoms with Gasteiger partial charge in [0.2, 0.25) is 0 Å². The SMILES string of the molecule is C=CC=CC=C(CC)C(=O)O.C=Cc1ccccc1. The summed E-state index contributed by atoms with van der Waals surface area (Å²) in [6.07, 6.45) is 8.91. The lowest BCUT2D eigenvalue weighted by molar-refractivity contribution is -0.132. The molecule has 1 aromatic rings. The Balaban J connectivity index is 0.000000356. The van der Waals surface area contributed by atoms with Gasteiger partial charge in [0, 0.05) is 5.57 Å². The number of hydrogen-bond acceptors (Lipinski definition) is 1. The lowest BCUT2D eigenvalue weighted by Gasteiger charge is -1.92. The quantitative estimate of drug-likeness (QED) is 0.623. The first-order chi connectivity index (χ1) is 9.15. The van der Waals surface area contributed by atoms with Crippen LogP contribution in [0, 0.1) is 0 Å². The van der Waals surface area contributed by atoms with Gasteiger partial charge >= 0.3 is 5.97 Å². The summed E-state index contributed by atoms with van der Waals surface area (Å²) in [6, 6.07) is 10.0. The molecule has 0 atom stereocenters. The minimum atomic E-state index is -0.860. The Hall–Kier alpha value is -2.35. The largest absolute Gasteiger partial charge is 0.478 e. The summed E-state index contributed by atoms with van der Waals surface area (Å²) in [7, 11) is 0. The summed E-state index contributed by atoms with van der Waals surface area (Å²) in [6.45, 7) is 8.90. The molecule has 1 aromatic carbocycles. The monoisotopic (exact) mass is 256 g/mol. The number of aliphatic carboxylic acids is 1. The van der Waals surface area contributed by atoms with Crippen LogP contribution in [0.5, 0.6) is 0 Å². The van der Waals surface area contributed by atoms with Crippen LogP contribution in [0.15, 0.2) is 73.4 Å². The Morgan fingerprint density at radius 2 is 1.84 bits per heavy atom. The van der Waals surface area contributed by atoms with Crippen molar-refractivity contribution in [3.05, 3.63) is 78.9 Å². The molecule has 1 N–H and O–H groups in total. The molecule has 1 rings (SSSR count). The van der Waals surface area contributed by atoms with Gasteiger partial charge in [0.15, 0.2) is 0 Å². The number of allylic oxidation sites excluding steroid dienone is 4. The van der Waals surface area contributed by atoms with Crippen molar-refractivity contribution in [2.75, 3.05) is 0 Å². The van der Waals surface area contributed by atoms with E-state index in [0.29, 0.717) is 12.0 Å². The molecule has 0 aromatic heterocycles. The van der Waals surface area contributed by atoms with Gasteiger partial charge in [0.25, 0.3) is 0 Å². The molecule has 0 spiro atoms. The van der Waals surface area contributed by atoms with Crippen molar-refractivity contribution in [2.24, 2.45) is 0 Å². The fraction of sp³-hybridized carbons (Fsp3) is 0.118. The highest BCUT2D eigenvalue weighted by molar-refractivity contribution is 5.86. The van der Waals surface area contributed by atoms with E-state index < -0.39 is 5.97 Å². The Bertz CT molecular complexity index is 453. The average Bonchev–Trinajstić information content (AvgIpc) is 2.45. The molecule has 0 saturated carbocycles. The van der Waals surface area contributed by atoms with Crippen LogP contribution in [0.1, 0.15) is 18.9 Å². The van der Waals surface area contributed by atoms with Crippen LogP contribution in [-0.4, -0.2) is 11.1 Å². The van der Waals surface area contributed by atoms with E-state index in [1.807, 2.05) is 43.3 Å². The number of benzene rings is 1. The molecule has 2 nitrogen and oxygen atoms in total. The highest BCUT2D eigenvalue weighted by Crippen LogP contribution is 2.00. The van der Waals surface area contributed by atoms with Gasteiger partial charge in [-0.3, -0.25) is 0 Å². The smallest absolute Gasteiger partial charge is 0.331 e. The Kier molecular flexibility index (Phi) is 9.45. The van der Waals surface area contributed by atoms with Crippen molar-refractivity contribution in [1.29, 1.82) is 0 Å². The molecule has 2 heteroatoms. The predicted molar refractivity (Wildman–Crippen MR) is 81.9 cm³/mol. The lowest BCUT2D eigenvalue weighted by atomic mass is 10.2. The molecule has 0 aliphatic carbocycles. The first kappa shape index (κ1) is 16.7. The number of carboxylic acid groups (broad SMARTS) is 1. The maximum Gasteiger partial charge on any atom is 0.331 e. The molecule has 0 fully saturated rings. The van der Waals surface area contributed by atoms with Crippen molar-refractivity contribution in [3.63, 3.8) is 0 Å². The highest BCUT2D eigenvalue weighted by atomic mass is 16.4. The number of carboxylic acids is 1. The average molecular weight is 256 g/mol. The number of hydrogen-bond donors (Lipinski definition) is 1. The molecule has 100 valence electrons. The summed E-state index contributed by atoms with van der Waals surface area (Å²) in [5.41, 5.74) is 1.58. The second kappa shape index (κ2) is 10.8. The van der Waals surface area contributed by atoms with Gasteiger partial charge in [-0.1, -0.05) is 80.8 Å². The van der Waals surface area contributed by atoms with Gasteiger partial charge < -0.3 is 5.11 Å². The van der Waals surface area contributed by atoms with Crippen molar-refractivity contribution >= 4 is 12.0 Å². The van der Waals surface area contributed by atoms with E-state index in [1.54, 1.807) is 24.3 Å². The Labute approximate surface area is 115 Å². The first-order valence-corrected chi connectivity index (χ1v) is 6.04. The molecular weight excluding hydrogens is 236 g/mol. The van der Waals surface area contributed by atoms with Crippen LogP contribution in [-0.2, 0) is 4.79 Å². The van der Waals surface area contributed by atoms with E-state index in [-0.39, 0.29) is 0 Å². The molecule has 0 unspecified atom stereocenters. The molecule has 19 heavy (non-hydrogen) atoms. The van der Waals surface area contributed by atoms with Gasteiger partial charge in [-0.25, -0.2) is 4.79 Å². The molecule has 0 radical (unpaired) electrons. The highest BCUT2D eigenvalue weighted by Gasteiger charge is 2.00. The Morgan fingerprint density at radius 3 is 2.21 bits per heavy atom. The molecule has 0 saturated heterocycles. The molecule has 0 amide bonds. The third-order valence-corrected chi connectivity index (χ3v) is 2.24. The van der Waals surface area contributed by atoms with Crippen molar-refractivity contribution in [3.8, 4) is 0 Å². The minimum absolute atomic E-state index is 0.406. The van der Waals surface area contributed by atoms with Crippen molar-refractivity contribution in [1.82, 2.24) is 0 Å². The standard InChI is InChI=1S/C9H12O2.C8H8/c1-3-5-6-7-8(4-2)9(10)11;1-2-8-6-4-3-5-7-8/h3,5-7H,1,4H2,2H3,(H,10,11);2-7H,1H2. The molecule has 0 aliphatic heterocycles. The maximum absolute atomic E-state index is 10.4. The van der Waals surface area contributed by atoms with Crippen LogP contribution in [0.2, 0.25) is 0 Å². The van der Waals surface area contributed by atoms with Crippen molar-refractivity contribution < 1.29 is 9.90 Å². The second-order valence-electron chi connectivity index (χ2n) is 3.59. The molecule has 0 bridgehead atoms. The predicted octanol–water partition coefficient (Wildman–Crippen LogP) is 4.48. The topological polar surface area (TPSA) is 37.3 Å². The molecule has 0 heterocycles.